The van der Waals surface area contributed by atoms with Crippen LogP contribution in [0.4, 0.5) is 23.7 Å². The van der Waals surface area contributed by atoms with Gasteiger partial charge in [-0.25, -0.2) is 9.78 Å². The van der Waals surface area contributed by atoms with Gasteiger partial charge in [0.15, 0.2) is 0 Å². The number of halogens is 3. The summed E-state index contributed by atoms with van der Waals surface area (Å²) in [6, 6.07) is 19.3. The summed E-state index contributed by atoms with van der Waals surface area (Å²) in [5.74, 6) is 3.30. The van der Waals surface area contributed by atoms with Crippen molar-refractivity contribution in [3.8, 4) is 34.7 Å². The van der Waals surface area contributed by atoms with Gasteiger partial charge >= 0.3 is 12.3 Å². The van der Waals surface area contributed by atoms with Crippen molar-refractivity contribution in [3.05, 3.63) is 94.9 Å². The Morgan fingerprint density at radius 3 is 2.57 bits per heavy atom. The van der Waals surface area contributed by atoms with Crippen molar-refractivity contribution < 1.29 is 22.7 Å². The Bertz CT molecular complexity index is 1790. The predicted octanol–water partition coefficient (Wildman–Crippen LogP) is 6.98. The summed E-state index contributed by atoms with van der Waals surface area (Å²) in [6.45, 7) is 3.82. The largest absolute Gasteiger partial charge is 0.453 e. The fraction of sp³-hybridized carbons (Fsp3) is 0.351. The molecule has 1 aliphatic heterocycles. The molecular formula is C37H38F3N5O2. The Morgan fingerprint density at radius 2 is 1.87 bits per heavy atom. The van der Waals surface area contributed by atoms with Crippen LogP contribution in [0.15, 0.2) is 66.9 Å². The van der Waals surface area contributed by atoms with Gasteiger partial charge in [0.05, 0.1) is 31.6 Å². The number of fused-ring (bicyclic) bond motifs is 3. The first-order valence-electron chi connectivity index (χ1n) is 15.8. The molecule has 6 rings (SSSR count). The number of alkyl halides is 3. The number of imidazole rings is 1. The summed E-state index contributed by atoms with van der Waals surface area (Å²) in [7, 11) is 1.34. The highest BCUT2D eigenvalue weighted by atomic mass is 19.4. The molecule has 0 saturated carbocycles. The molecule has 3 aromatic carbocycles. The van der Waals surface area contributed by atoms with Crippen LogP contribution in [0.2, 0.25) is 0 Å². The molecule has 1 amide bonds. The smallest absolute Gasteiger partial charge is 0.407 e. The fourth-order valence-electron chi connectivity index (χ4n) is 6.80. The summed E-state index contributed by atoms with van der Waals surface area (Å²) in [6.07, 6.45) is 3.65. The number of H-pyrrole nitrogens is 1. The molecular weight excluding hydrogens is 603 g/mol. The fourth-order valence-corrected chi connectivity index (χ4v) is 6.80. The van der Waals surface area contributed by atoms with Gasteiger partial charge in [0.1, 0.15) is 5.82 Å². The Labute approximate surface area is 273 Å². The van der Waals surface area contributed by atoms with Crippen molar-refractivity contribution >= 4 is 11.8 Å². The molecule has 4 aromatic rings. The molecule has 1 fully saturated rings. The van der Waals surface area contributed by atoms with Crippen molar-refractivity contribution in [2.75, 3.05) is 38.2 Å². The second-order valence-corrected chi connectivity index (χ2v) is 12.6. The van der Waals surface area contributed by atoms with Crippen LogP contribution < -0.4 is 10.2 Å². The zero-order valence-electron chi connectivity index (χ0n) is 26.7. The van der Waals surface area contributed by atoms with Gasteiger partial charge in [-0.15, -0.1) is 6.42 Å². The number of terminal acetylenes is 1. The number of hydrogen-bond donors (Lipinski definition) is 2. The topological polar surface area (TPSA) is 73.5 Å². The molecule has 0 spiro atoms. The van der Waals surface area contributed by atoms with Gasteiger partial charge < -0.3 is 19.9 Å². The van der Waals surface area contributed by atoms with Gasteiger partial charge in [-0.3, -0.25) is 4.90 Å². The monoisotopic (exact) mass is 641 g/mol. The van der Waals surface area contributed by atoms with Crippen LogP contribution in [0.1, 0.15) is 48.0 Å². The minimum atomic E-state index is -4.33. The van der Waals surface area contributed by atoms with Crippen molar-refractivity contribution in [1.82, 2.24) is 20.2 Å². The van der Waals surface area contributed by atoms with Gasteiger partial charge in [0, 0.05) is 43.3 Å². The lowest BCUT2D eigenvalue weighted by molar-refractivity contribution is -0.147. The van der Waals surface area contributed by atoms with E-state index >= 15 is 0 Å². The van der Waals surface area contributed by atoms with E-state index in [2.05, 4.69) is 45.4 Å². The molecule has 1 aliphatic carbocycles. The summed E-state index contributed by atoms with van der Waals surface area (Å²) >= 11 is 0. The van der Waals surface area contributed by atoms with Crippen molar-refractivity contribution in [2.24, 2.45) is 5.92 Å². The van der Waals surface area contributed by atoms with E-state index in [9.17, 15) is 18.0 Å². The molecule has 0 radical (unpaired) electrons. The van der Waals surface area contributed by atoms with Crippen LogP contribution in [-0.2, 0) is 17.6 Å². The Morgan fingerprint density at radius 1 is 1.11 bits per heavy atom. The number of alkyl carbamates (subject to hydrolysis) is 1. The summed E-state index contributed by atoms with van der Waals surface area (Å²) < 4.78 is 46.0. The minimum absolute atomic E-state index is 0.0975. The number of hydrogen-bond acceptors (Lipinski definition) is 5. The third kappa shape index (κ3) is 6.86. The SMILES string of the molecule is C#Cc1ccc(-c2cnc(C3CN(CC(F)(F)F)CCN3c3c(CC(NC(=O)OC)C(C)C)ccc4c3Cc3ccccc3-4)[nH]2)cc1. The number of amides is 1. The number of nitrogens with zero attached hydrogens (tertiary/aromatic N) is 3. The molecule has 244 valence electrons. The number of rotatable bonds is 8. The lowest BCUT2D eigenvalue weighted by atomic mass is 9.90. The average molecular weight is 642 g/mol. The van der Waals surface area contributed by atoms with E-state index in [0.717, 1.165) is 44.8 Å². The highest BCUT2D eigenvalue weighted by molar-refractivity contribution is 5.84. The molecule has 2 unspecified atom stereocenters. The maximum atomic E-state index is 13.7. The van der Waals surface area contributed by atoms with Crippen LogP contribution in [0.3, 0.4) is 0 Å². The maximum Gasteiger partial charge on any atom is 0.407 e. The molecule has 2 atom stereocenters. The number of benzene rings is 3. The number of anilines is 1. The van der Waals surface area contributed by atoms with Crippen LogP contribution in [0, 0.1) is 18.3 Å². The Balaban J connectivity index is 1.45. The van der Waals surface area contributed by atoms with Crippen molar-refractivity contribution in [1.29, 1.82) is 0 Å². The average Bonchev–Trinajstić information content (AvgIpc) is 3.69. The third-order valence-corrected chi connectivity index (χ3v) is 9.20. The number of nitrogens with one attached hydrogen (secondary N) is 2. The lowest BCUT2D eigenvalue weighted by Gasteiger charge is -2.44. The number of aromatic nitrogens is 2. The second kappa shape index (κ2) is 13.2. The number of ether oxygens (including phenoxy) is 1. The first kappa shape index (κ1) is 32.2. The highest BCUT2D eigenvalue weighted by Crippen LogP contribution is 2.46. The van der Waals surface area contributed by atoms with Crippen LogP contribution >= 0.6 is 0 Å². The van der Waals surface area contributed by atoms with E-state index in [1.165, 1.54) is 17.6 Å². The van der Waals surface area contributed by atoms with E-state index < -0.39 is 24.9 Å². The number of methoxy groups -OCH3 is 1. The van der Waals surface area contributed by atoms with Gasteiger partial charge in [-0.05, 0) is 57.9 Å². The zero-order chi connectivity index (χ0) is 33.3. The minimum Gasteiger partial charge on any atom is -0.453 e. The van der Waals surface area contributed by atoms with E-state index in [-0.39, 0.29) is 25.0 Å². The van der Waals surface area contributed by atoms with Gasteiger partial charge in [-0.1, -0.05) is 68.3 Å². The van der Waals surface area contributed by atoms with Gasteiger partial charge in [0.2, 0.25) is 0 Å². The van der Waals surface area contributed by atoms with Crippen molar-refractivity contribution in [3.63, 3.8) is 0 Å². The first-order chi connectivity index (χ1) is 22.5. The summed E-state index contributed by atoms with van der Waals surface area (Å²) in [4.78, 5) is 24.2. The second-order valence-electron chi connectivity index (χ2n) is 12.6. The molecule has 7 nitrogen and oxygen atoms in total. The van der Waals surface area contributed by atoms with Crippen LogP contribution in [-0.4, -0.2) is 66.5 Å². The summed E-state index contributed by atoms with van der Waals surface area (Å²) in [5, 5.41) is 2.99. The molecule has 1 aromatic heterocycles. The zero-order valence-corrected chi connectivity index (χ0v) is 26.7. The van der Waals surface area contributed by atoms with Gasteiger partial charge in [0.25, 0.3) is 0 Å². The highest BCUT2D eigenvalue weighted by Gasteiger charge is 2.39. The van der Waals surface area contributed by atoms with E-state index in [0.29, 0.717) is 25.2 Å². The molecule has 2 heterocycles. The quantitative estimate of drug-likeness (QED) is 0.179. The van der Waals surface area contributed by atoms with Crippen LogP contribution in [0.5, 0.6) is 0 Å². The molecule has 2 N–H and O–H groups in total. The van der Waals surface area contributed by atoms with E-state index in [4.69, 9.17) is 16.1 Å². The van der Waals surface area contributed by atoms with Crippen molar-refractivity contribution in [2.45, 2.75) is 44.9 Å². The molecule has 10 heteroatoms. The van der Waals surface area contributed by atoms with Gasteiger partial charge in [-0.2, -0.15) is 13.2 Å². The maximum absolute atomic E-state index is 13.7. The predicted molar refractivity (Wildman–Crippen MR) is 177 cm³/mol. The normalized spacial score (nSPS) is 16.8. The number of piperazine rings is 1. The number of carbonyl (C=O) groups excluding carboxylic acids is 1. The van der Waals surface area contributed by atoms with E-state index in [1.54, 1.807) is 6.20 Å². The van der Waals surface area contributed by atoms with E-state index in [1.807, 2.05) is 50.2 Å². The number of aromatic amines is 1. The molecule has 1 saturated heterocycles. The molecule has 2 aliphatic rings. The third-order valence-electron chi connectivity index (χ3n) is 9.20. The Hall–Kier alpha value is -4.75. The summed E-state index contributed by atoms with van der Waals surface area (Å²) in [5.41, 5.74) is 9.00. The number of carbonyl (C=O) groups is 1. The molecule has 0 bridgehead atoms. The van der Waals surface area contributed by atoms with Crippen LogP contribution in [0.25, 0.3) is 22.4 Å². The standard InChI is InChI=1S/C37H38F3N5O2/c1-5-24-10-12-25(13-11-24)32-20-41-35(42-32)33-21-44(22-37(38,39)40)16-17-45(33)34-27(19-31(23(2)3)43-36(46)47-4)14-15-29-28-9-7-6-8-26(28)18-30(29)34/h1,6-15,20,23,31,33H,16-19,21-22H2,2-4H3,(H,41,42)(H,43,46). The first-order valence-corrected chi connectivity index (χ1v) is 15.8. The Kier molecular flexibility index (Phi) is 9.02. The molecule has 47 heavy (non-hydrogen) atoms. The lowest BCUT2D eigenvalue weighted by Crippen LogP contribution is -2.51.